The quantitative estimate of drug-likeness (QED) is 0.381. The van der Waals surface area contributed by atoms with Crippen LogP contribution in [0.4, 0.5) is 23.0 Å². The molecule has 3 heterocycles. The lowest BCUT2D eigenvalue weighted by Crippen LogP contribution is -2.44. The van der Waals surface area contributed by atoms with Crippen LogP contribution in [0, 0.1) is 6.92 Å². The van der Waals surface area contributed by atoms with Crippen LogP contribution < -0.4 is 14.9 Å². The summed E-state index contributed by atoms with van der Waals surface area (Å²) in [5.41, 5.74) is 5.18. The maximum atomic E-state index is 12.5. The SMILES string of the molecule is Cc1ccc(-n2ccc3cnc(Nc4ccc(N5CCN(C)CC5)cc4)nc32)cc1NS(=O)(=O)C1CC1. The molecule has 2 fully saturated rings. The molecule has 2 aromatic carbocycles. The van der Waals surface area contributed by atoms with Crippen LogP contribution in [0.2, 0.25) is 0 Å². The van der Waals surface area contributed by atoms with Gasteiger partial charge in [0.05, 0.1) is 10.9 Å². The highest BCUT2D eigenvalue weighted by molar-refractivity contribution is 7.93. The molecule has 192 valence electrons. The molecule has 2 aromatic heterocycles. The van der Waals surface area contributed by atoms with Crippen molar-refractivity contribution in [1.82, 2.24) is 19.4 Å². The van der Waals surface area contributed by atoms with Crippen molar-refractivity contribution in [2.75, 3.05) is 48.2 Å². The van der Waals surface area contributed by atoms with Crippen LogP contribution in [0.25, 0.3) is 16.7 Å². The third-order valence-electron chi connectivity index (χ3n) is 7.13. The Balaban J connectivity index is 1.23. The minimum absolute atomic E-state index is 0.278. The number of rotatable bonds is 7. The molecule has 1 saturated carbocycles. The second-order valence-corrected chi connectivity index (χ2v) is 11.9. The minimum atomic E-state index is -3.34. The number of sulfonamides is 1. The summed E-state index contributed by atoms with van der Waals surface area (Å²) in [6.07, 6.45) is 5.17. The number of nitrogens with one attached hydrogen (secondary N) is 2. The lowest BCUT2D eigenvalue weighted by Gasteiger charge is -2.34. The molecular weight excluding hydrogens is 486 g/mol. The van der Waals surface area contributed by atoms with Gasteiger partial charge < -0.3 is 19.7 Å². The van der Waals surface area contributed by atoms with E-state index in [1.807, 2.05) is 42.0 Å². The summed E-state index contributed by atoms with van der Waals surface area (Å²) in [5.74, 6) is 0.501. The average Bonchev–Trinajstić information content (AvgIpc) is 3.68. The molecule has 0 unspecified atom stereocenters. The molecule has 2 aliphatic rings. The van der Waals surface area contributed by atoms with Gasteiger partial charge in [-0.2, -0.15) is 4.98 Å². The molecule has 0 radical (unpaired) electrons. The summed E-state index contributed by atoms with van der Waals surface area (Å²) < 4.78 is 29.8. The van der Waals surface area contributed by atoms with Crippen molar-refractivity contribution in [2.45, 2.75) is 25.0 Å². The zero-order chi connectivity index (χ0) is 25.6. The summed E-state index contributed by atoms with van der Waals surface area (Å²) in [6, 6.07) is 16.1. The number of fused-ring (bicyclic) bond motifs is 1. The van der Waals surface area contributed by atoms with E-state index < -0.39 is 10.0 Å². The van der Waals surface area contributed by atoms with Crippen LogP contribution in [-0.2, 0) is 10.0 Å². The molecule has 0 atom stereocenters. The summed E-state index contributed by atoms with van der Waals surface area (Å²) in [4.78, 5) is 14.0. The Labute approximate surface area is 217 Å². The number of anilines is 4. The van der Waals surface area contributed by atoms with Gasteiger partial charge in [0.2, 0.25) is 16.0 Å². The zero-order valence-electron chi connectivity index (χ0n) is 21.1. The number of aromatic nitrogens is 3. The van der Waals surface area contributed by atoms with E-state index in [1.165, 1.54) is 5.69 Å². The number of benzene rings is 2. The lowest BCUT2D eigenvalue weighted by molar-refractivity contribution is 0.313. The standard InChI is InChI=1S/C27H31N7O2S/c1-19-3-6-23(17-25(19)31-37(35,36)24-9-10-24)34-12-11-20-18-28-27(30-26(20)34)29-21-4-7-22(8-5-21)33-15-13-32(2)14-16-33/h3-8,11-12,17-18,24,31H,9-10,13-16H2,1-2H3,(H,28,29,30). The smallest absolute Gasteiger partial charge is 0.235 e. The zero-order valence-corrected chi connectivity index (χ0v) is 21.9. The van der Waals surface area contributed by atoms with Crippen molar-refractivity contribution >= 4 is 44.1 Å². The highest BCUT2D eigenvalue weighted by atomic mass is 32.2. The van der Waals surface area contributed by atoms with Crippen molar-refractivity contribution in [3.8, 4) is 5.69 Å². The molecule has 0 spiro atoms. The van der Waals surface area contributed by atoms with Crippen molar-refractivity contribution < 1.29 is 8.42 Å². The average molecular weight is 518 g/mol. The molecule has 0 bridgehead atoms. The van der Waals surface area contributed by atoms with Crippen molar-refractivity contribution in [3.63, 3.8) is 0 Å². The Hall–Kier alpha value is -3.63. The molecule has 4 aromatic rings. The number of nitrogens with zero attached hydrogens (tertiary/aromatic N) is 5. The molecule has 1 aliphatic heterocycles. The maximum absolute atomic E-state index is 12.5. The molecule has 2 N–H and O–H groups in total. The number of hydrogen-bond acceptors (Lipinski definition) is 7. The molecule has 37 heavy (non-hydrogen) atoms. The molecule has 1 aliphatic carbocycles. The van der Waals surface area contributed by atoms with Crippen LogP contribution in [0.1, 0.15) is 18.4 Å². The van der Waals surface area contributed by atoms with E-state index >= 15 is 0 Å². The van der Waals surface area contributed by atoms with Gasteiger partial charge in [0.15, 0.2) is 0 Å². The first-order valence-electron chi connectivity index (χ1n) is 12.6. The lowest BCUT2D eigenvalue weighted by atomic mass is 10.2. The Kier molecular flexibility index (Phi) is 6.00. The first kappa shape index (κ1) is 23.7. The van der Waals surface area contributed by atoms with Gasteiger partial charge in [-0.25, -0.2) is 13.4 Å². The first-order chi connectivity index (χ1) is 17.9. The summed E-state index contributed by atoms with van der Waals surface area (Å²) in [6.45, 7) is 6.11. The third kappa shape index (κ3) is 4.99. The first-order valence-corrected chi connectivity index (χ1v) is 14.2. The van der Waals surface area contributed by atoms with Crippen LogP contribution in [0.15, 0.2) is 60.9 Å². The fourth-order valence-corrected chi connectivity index (χ4v) is 6.07. The number of hydrogen-bond donors (Lipinski definition) is 2. The van der Waals surface area contributed by atoms with E-state index in [1.54, 1.807) is 6.20 Å². The predicted octanol–water partition coefficient (Wildman–Crippen LogP) is 4.13. The van der Waals surface area contributed by atoms with Gasteiger partial charge in [-0.05, 0) is 74.8 Å². The van der Waals surface area contributed by atoms with Gasteiger partial charge in [0.1, 0.15) is 5.65 Å². The third-order valence-corrected chi connectivity index (χ3v) is 8.99. The van der Waals surface area contributed by atoms with Crippen LogP contribution in [-0.4, -0.2) is 66.3 Å². The Morgan fingerprint density at radius 3 is 2.41 bits per heavy atom. The summed E-state index contributed by atoms with van der Waals surface area (Å²) in [5, 5.41) is 3.94. The van der Waals surface area contributed by atoms with Gasteiger partial charge in [-0.1, -0.05) is 6.07 Å². The van der Waals surface area contributed by atoms with E-state index in [0.29, 0.717) is 11.6 Å². The second-order valence-electron chi connectivity index (χ2n) is 9.97. The van der Waals surface area contributed by atoms with Gasteiger partial charge >= 0.3 is 0 Å². The number of piperazine rings is 1. The summed E-state index contributed by atoms with van der Waals surface area (Å²) >= 11 is 0. The highest BCUT2D eigenvalue weighted by Crippen LogP contribution is 2.32. The maximum Gasteiger partial charge on any atom is 0.235 e. The van der Waals surface area contributed by atoms with E-state index in [4.69, 9.17) is 4.98 Å². The second kappa shape index (κ2) is 9.35. The number of aryl methyl sites for hydroxylation is 1. The van der Waals surface area contributed by atoms with Gasteiger partial charge in [0, 0.05) is 61.0 Å². The topological polar surface area (TPSA) is 95.4 Å². The molecule has 1 saturated heterocycles. The van der Waals surface area contributed by atoms with Crippen LogP contribution in [0.3, 0.4) is 0 Å². The fraction of sp³-hybridized carbons (Fsp3) is 0.333. The molecule has 9 nitrogen and oxygen atoms in total. The molecular formula is C27H31N7O2S. The fourth-order valence-electron chi connectivity index (χ4n) is 4.62. The van der Waals surface area contributed by atoms with Crippen molar-refractivity contribution in [3.05, 3.63) is 66.5 Å². The van der Waals surface area contributed by atoms with Crippen molar-refractivity contribution in [1.29, 1.82) is 0 Å². The largest absolute Gasteiger partial charge is 0.369 e. The van der Waals surface area contributed by atoms with Crippen molar-refractivity contribution in [2.24, 2.45) is 0 Å². The van der Waals surface area contributed by atoms with Crippen LogP contribution in [0.5, 0.6) is 0 Å². The Morgan fingerprint density at radius 2 is 1.68 bits per heavy atom. The Bertz CT molecular complexity index is 1540. The predicted molar refractivity (Wildman–Crippen MR) is 149 cm³/mol. The van der Waals surface area contributed by atoms with E-state index in [9.17, 15) is 8.42 Å². The van der Waals surface area contributed by atoms with Gasteiger partial charge in [0.25, 0.3) is 0 Å². The van der Waals surface area contributed by atoms with Gasteiger partial charge in [-0.3, -0.25) is 4.72 Å². The van der Waals surface area contributed by atoms with E-state index in [0.717, 1.165) is 67.0 Å². The summed E-state index contributed by atoms with van der Waals surface area (Å²) in [7, 11) is -1.19. The molecule has 6 rings (SSSR count). The molecule has 0 amide bonds. The van der Waals surface area contributed by atoms with Gasteiger partial charge in [-0.15, -0.1) is 0 Å². The monoisotopic (exact) mass is 517 g/mol. The van der Waals surface area contributed by atoms with Crippen LogP contribution >= 0.6 is 0 Å². The normalized spacial score (nSPS) is 16.8. The highest BCUT2D eigenvalue weighted by Gasteiger charge is 2.36. The Morgan fingerprint density at radius 1 is 0.946 bits per heavy atom. The van der Waals surface area contributed by atoms with E-state index in [2.05, 4.69) is 56.1 Å². The minimum Gasteiger partial charge on any atom is -0.369 e. The molecule has 10 heteroatoms. The number of likely N-dealkylation sites (N-methyl/N-ethyl adjacent to an activating group) is 1. The van der Waals surface area contributed by atoms with E-state index in [-0.39, 0.29) is 5.25 Å².